The maximum atomic E-state index is 12.3. The van der Waals surface area contributed by atoms with Gasteiger partial charge in [0.1, 0.15) is 6.10 Å². The van der Waals surface area contributed by atoms with Gasteiger partial charge in [-0.2, -0.15) is 0 Å². The van der Waals surface area contributed by atoms with Crippen LogP contribution in [0.2, 0.25) is 0 Å². The number of nitrogens with two attached hydrogens (primary N) is 1. The first-order chi connectivity index (χ1) is 12.3. The van der Waals surface area contributed by atoms with Gasteiger partial charge < -0.3 is 26.6 Å². The van der Waals surface area contributed by atoms with E-state index < -0.39 is 36.0 Å². The maximum absolute atomic E-state index is 12.3. The van der Waals surface area contributed by atoms with Gasteiger partial charge in [-0.05, 0) is 19.1 Å². The quantitative estimate of drug-likeness (QED) is 0.448. The van der Waals surface area contributed by atoms with Crippen LogP contribution in [0.4, 0.5) is 0 Å². The molecule has 0 bridgehead atoms. The van der Waals surface area contributed by atoms with Crippen molar-refractivity contribution in [2.45, 2.75) is 38.0 Å². The molecule has 0 spiro atoms. The van der Waals surface area contributed by atoms with E-state index in [1.54, 1.807) is 24.3 Å². The van der Waals surface area contributed by atoms with Crippen molar-refractivity contribution in [2.75, 3.05) is 6.54 Å². The lowest BCUT2D eigenvalue weighted by Gasteiger charge is -2.31. The molecule has 0 aliphatic heterocycles. The summed E-state index contributed by atoms with van der Waals surface area (Å²) in [5.41, 5.74) is 6.65. The second-order valence-electron chi connectivity index (χ2n) is 6.29. The van der Waals surface area contributed by atoms with Crippen molar-refractivity contribution in [3.8, 4) is 0 Å². The molecular formula is C18H23N3O5. The van der Waals surface area contributed by atoms with E-state index in [9.17, 15) is 24.6 Å². The number of nitrogens with one attached hydrogen (secondary N) is 2. The van der Waals surface area contributed by atoms with E-state index in [0.29, 0.717) is 5.56 Å². The normalized spacial score (nSPS) is 22.3. The number of aliphatic hydroxyl groups is 2. The molecule has 6 N–H and O–H groups in total. The SMILES string of the molecule is Cc1ccc(C(=O)NC2C=C(C(=O)NCCC(N)=O)CC(O)C2O)cc1. The highest BCUT2D eigenvalue weighted by Crippen LogP contribution is 2.20. The summed E-state index contributed by atoms with van der Waals surface area (Å²) in [6.07, 6.45) is -1.06. The number of amides is 3. The number of hydrogen-bond donors (Lipinski definition) is 5. The number of rotatable bonds is 6. The third-order valence-electron chi connectivity index (χ3n) is 4.13. The lowest BCUT2D eigenvalue weighted by molar-refractivity contribution is -0.119. The molecule has 0 heterocycles. The molecule has 1 aliphatic carbocycles. The topological polar surface area (TPSA) is 142 Å². The smallest absolute Gasteiger partial charge is 0.251 e. The van der Waals surface area contributed by atoms with Gasteiger partial charge in [-0.25, -0.2) is 0 Å². The molecule has 8 heteroatoms. The molecule has 1 aliphatic rings. The number of hydrogen-bond acceptors (Lipinski definition) is 5. The van der Waals surface area contributed by atoms with Crippen molar-refractivity contribution in [3.63, 3.8) is 0 Å². The minimum Gasteiger partial charge on any atom is -0.390 e. The van der Waals surface area contributed by atoms with Crippen LogP contribution in [0.5, 0.6) is 0 Å². The Morgan fingerprint density at radius 2 is 1.81 bits per heavy atom. The Hall–Kier alpha value is -2.71. The molecule has 1 aromatic carbocycles. The summed E-state index contributed by atoms with van der Waals surface area (Å²) in [6, 6.07) is 5.96. The van der Waals surface area contributed by atoms with Gasteiger partial charge in [0.05, 0.1) is 12.1 Å². The van der Waals surface area contributed by atoms with Crippen LogP contribution in [0.15, 0.2) is 35.9 Å². The minimum atomic E-state index is -1.23. The number of aryl methyl sites for hydroxylation is 1. The van der Waals surface area contributed by atoms with E-state index in [2.05, 4.69) is 10.6 Å². The van der Waals surface area contributed by atoms with E-state index in [4.69, 9.17) is 5.73 Å². The van der Waals surface area contributed by atoms with Crippen molar-refractivity contribution < 1.29 is 24.6 Å². The van der Waals surface area contributed by atoms with Crippen LogP contribution in [0, 0.1) is 6.92 Å². The van der Waals surface area contributed by atoms with E-state index in [1.165, 1.54) is 6.08 Å². The summed E-state index contributed by atoms with van der Waals surface area (Å²) in [7, 11) is 0. The fourth-order valence-corrected chi connectivity index (χ4v) is 2.62. The zero-order valence-corrected chi connectivity index (χ0v) is 14.4. The Morgan fingerprint density at radius 1 is 1.15 bits per heavy atom. The molecule has 140 valence electrons. The summed E-state index contributed by atoms with van der Waals surface area (Å²) in [6.45, 7) is 1.97. The predicted octanol–water partition coefficient (Wildman–Crippen LogP) is -0.863. The number of aliphatic hydroxyl groups excluding tert-OH is 2. The van der Waals surface area contributed by atoms with Gasteiger partial charge in [0.15, 0.2) is 0 Å². The lowest BCUT2D eigenvalue weighted by atomic mass is 9.89. The molecule has 1 aromatic rings. The number of carbonyl (C=O) groups is 3. The molecule has 0 fully saturated rings. The van der Waals surface area contributed by atoms with E-state index in [0.717, 1.165) is 5.56 Å². The van der Waals surface area contributed by atoms with Crippen molar-refractivity contribution >= 4 is 17.7 Å². The number of benzene rings is 1. The van der Waals surface area contributed by atoms with E-state index in [1.807, 2.05) is 6.92 Å². The van der Waals surface area contributed by atoms with Gasteiger partial charge in [0.25, 0.3) is 5.91 Å². The molecule has 3 unspecified atom stereocenters. The van der Waals surface area contributed by atoms with Gasteiger partial charge in [0.2, 0.25) is 11.8 Å². The molecule has 0 saturated heterocycles. The van der Waals surface area contributed by atoms with Crippen LogP contribution < -0.4 is 16.4 Å². The highest BCUT2D eigenvalue weighted by molar-refractivity contribution is 5.96. The summed E-state index contributed by atoms with van der Waals surface area (Å²) in [4.78, 5) is 35.2. The van der Waals surface area contributed by atoms with Crippen LogP contribution in [-0.4, -0.2) is 52.7 Å². The highest BCUT2D eigenvalue weighted by atomic mass is 16.3. The summed E-state index contributed by atoms with van der Waals surface area (Å²) >= 11 is 0. The molecule has 3 atom stereocenters. The van der Waals surface area contributed by atoms with Gasteiger partial charge in [-0.15, -0.1) is 0 Å². The van der Waals surface area contributed by atoms with Crippen LogP contribution in [0.25, 0.3) is 0 Å². The van der Waals surface area contributed by atoms with Crippen LogP contribution in [0.1, 0.15) is 28.8 Å². The molecule has 26 heavy (non-hydrogen) atoms. The van der Waals surface area contributed by atoms with Crippen LogP contribution in [0.3, 0.4) is 0 Å². The monoisotopic (exact) mass is 361 g/mol. The van der Waals surface area contributed by atoms with Gasteiger partial charge in [0, 0.05) is 30.5 Å². The summed E-state index contributed by atoms with van der Waals surface area (Å²) < 4.78 is 0. The van der Waals surface area contributed by atoms with Crippen molar-refractivity contribution in [1.29, 1.82) is 0 Å². The first-order valence-electron chi connectivity index (χ1n) is 8.29. The van der Waals surface area contributed by atoms with E-state index in [-0.39, 0.29) is 25.0 Å². The largest absolute Gasteiger partial charge is 0.390 e. The van der Waals surface area contributed by atoms with Gasteiger partial charge >= 0.3 is 0 Å². The summed E-state index contributed by atoms with van der Waals surface area (Å²) in [5.74, 6) is -1.44. The molecule has 0 radical (unpaired) electrons. The van der Waals surface area contributed by atoms with Crippen molar-refractivity contribution in [1.82, 2.24) is 10.6 Å². The third-order valence-corrected chi connectivity index (χ3v) is 4.13. The molecule has 2 rings (SSSR count). The zero-order valence-electron chi connectivity index (χ0n) is 14.4. The van der Waals surface area contributed by atoms with Crippen LogP contribution in [-0.2, 0) is 9.59 Å². The molecule has 8 nitrogen and oxygen atoms in total. The fourth-order valence-electron chi connectivity index (χ4n) is 2.62. The second-order valence-corrected chi connectivity index (χ2v) is 6.29. The summed E-state index contributed by atoms with van der Waals surface area (Å²) in [5, 5.41) is 25.3. The van der Waals surface area contributed by atoms with Gasteiger partial charge in [-0.3, -0.25) is 14.4 Å². The molecule has 0 saturated carbocycles. The van der Waals surface area contributed by atoms with Crippen LogP contribution >= 0.6 is 0 Å². The first kappa shape index (κ1) is 19.6. The standard InChI is InChI=1S/C18H23N3O5/c1-10-2-4-11(5-3-10)18(26)21-13-8-12(9-14(22)16(13)24)17(25)20-7-6-15(19)23/h2-5,8,13-14,16,22,24H,6-7,9H2,1H3,(H2,19,23)(H,20,25)(H,21,26). The molecule has 3 amide bonds. The minimum absolute atomic E-state index is 0.00220. The number of carbonyl (C=O) groups excluding carboxylic acids is 3. The average molecular weight is 361 g/mol. The molecular weight excluding hydrogens is 338 g/mol. The zero-order chi connectivity index (χ0) is 19.3. The van der Waals surface area contributed by atoms with Crippen molar-refractivity contribution in [2.24, 2.45) is 5.73 Å². The Bertz CT molecular complexity index is 714. The third kappa shape index (κ3) is 5.14. The highest BCUT2D eigenvalue weighted by Gasteiger charge is 2.33. The Kier molecular flexibility index (Phi) is 6.48. The van der Waals surface area contributed by atoms with Crippen molar-refractivity contribution in [3.05, 3.63) is 47.0 Å². The average Bonchev–Trinajstić information content (AvgIpc) is 2.58. The Balaban J connectivity index is 2.07. The Labute approximate surface area is 151 Å². The Morgan fingerprint density at radius 3 is 2.42 bits per heavy atom. The predicted molar refractivity (Wildman–Crippen MR) is 94.0 cm³/mol. The lowest BCUT2D eigenvalue weighted by Crippen LogP contribution is -2.51. The molecule has 0 aromatic heterocycles. The first-order valence-corrected chi connectivity index (χ1v) is 8.29. The second kappa shape index (κ2) is 8.59. The van der Waals surface area contributed by atoms with Gasteiger partial charge in [-0.1, -0.05) is 23.8 Å². The fraction of sp³-hybridized carbons (Fsp3) is 0.389. The maximum Gasteiger partial charge on any atom is 0.251 e. The number of primary amides is 1. The van der Waals surface area contributed by atoms with E-state index >= 15 is 0 Å².